The monoisotopic (exact) mass is 285 g/mol. The molecule has 1 aromatic rings. The van der Waals surface area contributed by atoms with Crippen molar-refractivity contribution >= 4 is 11.8 Å². The Kier molecular flexibility index (Phi) is 6.30. The second-order valence-corrected chi connectivity index (χ2v) is 6.98. The molecule has 0 aromatic heterocycles. The Balaban J connectivity index is 2.77. The summed E-state index contributed by atoms with van der Waals surface area (Å²) in [6, 6.07) is 5.18. The second kappa shape index (κ2) is 7.27. The summed E-state index contributed by atoms with van der Waals surface area (Å²) in [5.74, 6) is 0.845. The predicted octanol–water partition coefficient (Wildman–Crippen LogP) is 3.43. The van der Waals surface area contributed by atoms with E-state index in [1.54, 1.807) is 17.8 Å². The highest BCUT2D eigenvalue weighted by molar-refractivity contribution is 7.99. The van der Waals surface area contributed by atoms with Gasteiger partial charge < -0.3 is 10.4 Å². The standard InChI is InChI=1S/C15H24FNOS/c1-11(9-18)10-19-14-7-5-6-13(16)12(14)8-17-15(2,3)4/h5-7,11,17-18H,8-10H2,1-4H3. The third-order valence-electron chi connectivity index (χ3n) is 2.71. The van der Waals surface area contributed by atoms with Crippen LogP contribution in [-0.4, -0.2) is 23.0 Å². The molecular formula is C15H24FNOS. The van der Waals surface area contributed by atoms with Gasteiger partial charge in [0.1, 0.15) is 5.82 Å². The number of aliphatic hydroxyl groups excluding tert-OH is 1. The summed E-state index contributed by atoms with van der Waals surface area (Å²) in [5.41, 5.74) is 0.676. The first-order valence-electron chi connectivity index (χ1n) is 6.59. The zero-order valence-corrected chi connectivity index (χ0v) is 13.0. The van der Waals surface area contributed by atoms with Crippen LogP contribution in [0.25, 0.3) is 0 Å². The number of nitrogens with one attached hydrogen (secondary N) is 1. The van der Waals surface area contributed by atoms with E-state index in [-0.39, 0.29) is 23.9 Å². The number of hydrogen-bond acceptors (Lipinski definition) is 3. The van der Waals surface area contributed by atoms with Gasteiger partial charge in [0.15, 0.2) is 0 Å². The molecule has 108 valence electrons. The van der Waals surface area contributed by atoms with E-state index in [1.807, 2.05) is 13.0 Å². The lowest BCUT2D eigenvalue weighted by Gasteiger charge is -2.22. The van der Waals surface area contributed by atoms with E-state index in [0.29, 0.717) is 12.1 Å². The Morgan fingerprint density at radius 1 is 1.37 bits per heavy atom. The molecule has 1 unspecified atom stereocenters. The Hall–Kier alpha value is -0.580. The van der Waals surface area contributed by atoms with E-state index in [4.69, 9.17) is 5.11 Å². The topological polar surface area (TPSA) is 32.3 Å². The van der Waals surface area contributed by atoms with Gasteiger partial charge in [-0.15, -0.1) is 11.8 Å². The van der Waals surface area contributed by atoms with Crippen LogP contribution < -0.4 is 5.32 Å². The van der Waals surface area contributed by atoms with Crippen molar-refractivity contribution < 1.29 is 9.50 Å². The fourth-order valence-electron chi connectivity index (χ4n) is 1.48. The lowest BCUT2D eigenvalue weighted by Crippen LogP contribution is -2.35. The molecule has 2 nitrogen and oxygen atoms in total. The van der Waals surface area contributed by atoms with Gasteiger partial charge in [-0.3, -0.25) is 0 Å². The Morgan fingerprint density at radius 3 is 2.63 bits per heavy atom. The lowest BCUT2D eigenvalue weighted by molar-refractivity contribution is 0.250. The average Bonchev–Trinajstić information content (AvgIpc) is 2.33. The number of aliphatic hydroxyl groups is 1. The molecule has 0 aliphatic rings. The summed E-state index contributed by atoms with van der Waals surface area (Å²) < 4.78 is 13.9. The maximum absolute atomic E-state index is 13.9. The SMILES string of the molecule is CC(CO)CSc1cccc(F)c1CNC(C)(C)C. The van der Waals surface area contributed by atoms with E-state index in [2.05, 4.69) is 26.1 Å². The van der Waals surface area contributed by atoms with Crippen LogP contribution in [0.2, 0.25) is 0 Å². The van der Waals surface area contributed by atoms with Gasteiger partial charge in [0.05, 0.1) is 0 Å². The molecule has 0 fully saturated rings. The van der Waals surface area contributed by atoms with Gasteiger partial charge in [0, 0.05) is 34.9 Å². The quantitative estimate of drug-likeness (QED) is 0.785. The van der Waals surface area contributed by atoms with Crippen molar-refractivity contribution in [2.24, 2.45) is 5.92 Å². The van der Waals surface area contributed by atoms with Gasteiger partial charge >= 0.3 is 0 Å². The smallest absolute Gasteiger partial charge is 0.128 e. The Labute approximate surface area is 119 Å². The van der Waals surface area contributed by atoms with Crippen LogP contribution in [0.3, 0.4) is 0 Å². The van der Waals surface area contributed by atoms with Gasteiger partial charge in [-0.1, -0.05) is 13.0 Å². The minimum atomic E-state index is -0.168. The molecule has 2 N–H and O–H groups in total. The van der Waals surface area contributed by atoms with Crippen LogP contribution in [0.15, 0.2) is 23.1 Å². The van der Waals surface area contributed by atoms with Gasteiger partial charge in [-0.2, -0.15) is 0 Å². The summed E-state index contributed by atoms with van der Waals surface area (Å²) in [5, 5.41) is 12.4. The van der Waals surface area contributed by atoms with E-state index in [1.165, 1.54) is 6.07 Å². The van der Waals surface area contributed by atoms with Crippen LogP contribution in [-0.2, 0) is 6.54 Å². The molecule has 0 bridgehead atoms. The maximum Gasteiger partial charge on any atom is 0.128 e. The maximum atomic E-state index is 13.9. The molecule has 0 aliphatic carbocycles. The molecule has 19 heavy (non-hydrogen) atoms. The van der Waals surface area contributed by atoms with Crippen molar-refractivity contribution in [2.75, 3.05) is 12.4 Å². The highest BCUT2D eigenvalue weighted by Gasteiger charge is 2.14. The fourth-order valence-corrected chi connectivity index (χ4v) is 2.57. The largest absolute Gasteiger partial charge is 0.396 e. The normalized spacial score (nSPS) is 13.6. The molecular weight excluding hydrogens is 261 g/mol. The zero-order chi connectivity index (χ0) is 14.5. The highest BCUT2D eigenvalue weighted by Crippen LogP contribution is 2.27. The lowest BCUT2D eigenvalue weighted by atomic mass is 10.1. The van der Waals surface area contributed by atoms with Crippen molar-refractivity contribution in [1.29, 1.82) is 0 Å². The van der Waals surface area contributed by atoms with Crippen LogP contribution in [0.4, 0.5) is 4.39 Å². The second-order valence-electron chi connectivity index (χ2n) is 5.92. The first-order valence-corrected chi connectivity index (χ1v) is 7.58. The number of rotatable bonds is 6. The molecule has 0 heterocycles. The minimum Gasteiger partial charge on any atom is -0.396 e. The molecule has 0 saturated carbocycles. The molecule has 0 aliphatic heterocycles. The van der Waals surface area contributed by atoms with Crippen molar-refractivity contribution in [3.63, 3.8) is 0 Å². The average molecular weight is 285 g/mol. The summed E-state index contributed by atoms with van der Waals surface area (Å²) >= 11 is 1.60. The number of thioether (sulfide) groups is 1. The van der Waals surface area contributed by atoms with Gasteiger partial charge in [-0.05, 0) is 38.8 Å². The van der Waals surface area contributed by atoms with Gasteiger partial charge in [0.25, 0.3) is 0 Å². The van der Waals surface area contributed by atoms with E-state index in [0.717, 1.165) is 10.6 Å². The summed E-state index contributed by atoms with van der Waals surface area (Å²) in [6.45, 7) is 8.86. The van der Waals surface area contributed by atoms with Gasteiger partial charge in [0.2, 0.25) is 0 Å². The molecule has 0 amide bonds. The van der Waals surface area contributed by atoms with E-state index in [9.17, 15) is 4.39 Å². The van der Waals surface area contributed by atoms with Crippen LogP contribution in [0, 0.1) is 11.7 Å². The van der Waals surface area contributed by atoms with Crippen molar-refractivity contribution in [1.82, 2.24) is 5.32 Å². The van der Waals surface area contributed by atoms with Crippen LogP contribution in [0.5, 0.6) is 0 Å². The summed E-state index contributed by atoms with van der Waals surface area (Å²) in [6.07, 6.45) is 0. The molecule has 1 rings (SSSR count). The Bertz CT molecular complexity index is 404. The molecule has 1 aromatic carbocycles. The van der Waals surface area contributed by atoms with Crippen molar-refractivity contribution in [2.45, 2.75) is 44.7 Å². The molecule has 4 heteroatoms. The predicted molar refractivity (Wildman–Crippen MR) is 80.0 cm³/mol. The molecule has 0 saturated heterocycles. The van der Waals surface area contributed by atoms with Crippen LogP contribution >= 0.6 is 11.8 Å². The number of benzene rings is 1. The fraction of sp³-hybridized carbons (Fsp3) is 0.600. The van der Waals surface area contributed by atoms with E-state index >= 15 is 0 Å². The third kappa shape index (κ3) is 5.93. The highest BCUT2D eigenvalue weighted by atomic mass is 32.2. The van der Waals surface area contributed by atoms with Gasteiger partial charge in [-0.25, -0.2) is 4.39 Å². The first kappa shape index (κ1) is 16.5. The third-order valence-corrected chi connectivity index (χ3v) is 4.14. The molecule has 0 radical (unpaired) electrons. The Morgan fingerprint density at radius 2 is 2.05 bits per heavy atom. The van der Waals surface area contributed by atoms with Crippen LogP contribution in [0.1, 0.15) is 33.3 Å². The number of halogens is 1. The molecule has 1 atom stereocenters. The summed E-state index contributed by atoms with van der Waals surface area (Å²) in [4.78, 5) is 0.956. The minimum absolute atomic E-state index is 0.0391. The van der Waals surface area contributed by atoms with E-state index < -0.39 is 0 Å². The van der Waals surface area contributed by atoms with Crippen molar-refractivity contribution in [3.8, 4) is 0 Å². The molecule has 0 spiro atoms. The summed E-state index contributed by atoms with van der Waals surface area (Å²) in [7, 11) is 0. The first-order chi connectivity index (χ1) is 8.83. The zero-order valence-electron chi connectivity index (χ0n) is 12.2. The van der Waals surface area contributed by atoms with Crippen molar-refractivity contribution in [3.05, 3.63) is 29.6 Å². The number of hydrogen-bond donors (Lipinski definition) is 2.